The average molecular weight is 405 g/mol. The van der Waals surface area contributed by atoms with Crippen molar-refractivity contribution in [2.45, 2.75) is 50.5 Å². The molecule has 0 spiro atoms. The van der Waals surface area contributed by atoms with Crippen LogP contribution < -0.4 is 0 Å². The summed E-state index contributed by atoms with van der Waals surface area (Å²) in [6.45, 7) is 2.32. The van der Waals surface area contributed by atoms with Crippen LogP contribution in [-0.2, 0) is 6.42 Å². The first kappa shape index (κ1) is 17.7. The van der Waals surface area contributed by atoms with Crippen LogP contribution in [0.2, 0.25) is 5.02 Å². The van der Waals surface area contributed by atoms with E-state index >= 15 is 0 Å². The molecule has 1 amide bonds. The number of hydrogen-bond acceptors (Lipinski definition) is 2. The zero-order valence-electron chi connectivity index (χ0n) is 16.9. The maximum atomic E-state index is 13.4. The Kier molecular flexibility index (Phi) is 3.78. The molecule has 0 N–H and O–H groups in total. The van der Waals surface area contributed by atoms with Gasteiger partial charge in [0, 0.05) is 29.3 Å². The Labute approximate surface area is 176 Å². The molecule has 2 saturated carbocycles. The molecule has 0 aromatic heterocycles. The smallest absolute Gasteiger partial charge is 0.254 e. The van der Waals surface area contributed by atoms with E-state index in [9.17, 15) is 4.79 Å². The highest BCUT2D eigenvalue weighted by atomic mass is 35.5. The maximum Gasteiger partial charge on any atom is 0.254 e. The van der Waals surface area contributed by atoms with Gasteiger partial charge in [0.2, 0.25) is 0 Å². The molecule has 0 radical (unpaired) electrons. The van der Waals surface area contributed by atoms with Crippen molar-refractivity contribution in [1.29, 1.82) is 0 Å². The summed E-state index contributed by atoms with van der Waals surface area (Å²) < 4.78 is 0. The van der Waals surface area contributed by atoms with E-state index in [4.69, 9.17) is 16.6 Å². The molecule has 0 saturated heterocycles. The molecule has 5 atom stereocenters. The molecule has 2 aromatic rings. The Morgan fingerprint density at radius 1 is 1.10 bits per heavy atom. The Bertz CT molecular complexity index is 1070. The highest BCUT2D eigenvalue weighted by molar-refractivity contribution is 6.30. The zero-order chi connectivity index (χ0) is 19.9. The molecule has 2 aliphatic heterocycles. The first-order chi connectivity index (χ1) is 14.0. The first-order valence-electron chi connectivity index (χ1n) is 10.8. The van der Waals surface area contributed by atoms with Gasteiger partial charge in [-0.15, -0.1) is 0 Å². The van der Waals surface area contributed by atoms with Gasteiger partial charge in [0.05, 0.1) is 11.7 Å². The SMILES string of the molecule is C[C@H]1C[C@@H]1c1cccc2c1[C@H]1C[C@H](C3=Nc4ccc(Cl)cc4CCC31)N(C)C2=O. The van der Waals surface area contributed by atoms with Crippen molar-refractivity contribution in [3.63, 3.8) is 0 Å². The molecule has 2 fully saturated rings. The summed E-state index contributed by atoms with van der Waals surface area (Å²) in [4.78, 5) is 20.5. The van der Waals surface area contributed by atoms with E-state index in [2.05, 4.69) is 25.1 Å². The number of rotatable bonds is 1. The second-order valence-electron chi connectivity index (χ2n) is 9.36. The minimum atomic E-state index is 0.0935. The van der Waals surface area contributed by atoms with E-state index in [0.717, 1.165) is 41.5 Å². The fourth-order valence-electron chi connectivity index (χ4n) is 6.07. The maximum absolute atomic E-state index is 13.4. The lowest BCUT2D eigenvalue weighted by atomic mass is 9.79. The number of benzene rings is 2. The Balaban J connectivity index is 1.53. The van der Waals surface area contributed by atoms with Crippen LogP contribution in [0, 0.1) is 11.8 Å². The van der Waals surface area contributed by atoms with Gasteiger partial charge in [0.1, 0.15) is 0 Å². The standard InChI is InChI=1S/C25H25ClN2O/c1-13-10-19(13)16-4-3-5-18-23(16)20-12-22(28(2)25(18)29)24-17(20)8-6-14-11-15(26)7-9-21(14)27-24/h3-5,7,9,11,13,17,19-20,22H,6,8,10,12H2,1-2H3/t13-,17?,19-,20-,22+/m0/s1. The van der Waals surface area contributed by atoms with Gasteiger partial charge in [-0.3, -0.25) is 9.79 Å². The molecule has 2 aromatic carbocycles. The van der Waals surface area contributed by atoms with Gasteiger partial charge in [0.25, 0.3) is 5.91 Å². The summed E-state index contributed by atoms with van der Waals surface area (Å²) in [5.74, 6) is 2.28. The molecule has 29 heavy (non-hydrogen) atoms. The third kappa shape index (κ3) is 2.56. The van der Waals surface area contributed by atoms with Gasteiger partial charge in [-0.25, -0.2) is 0 Å². The van der Waals surface area contributed by atoms with E-state index in [-0.39, 0.29) is 11.9 Å². The van der Waals surface area contributed by atoms with Gasteiger partial charge in [-0.1, -0.05) is 30.7 Å². The van der Waals surface area contributed by atoms with E-state index < -0.39 is 0 Å². The lowest BCUT2D eigenvalue weighted by Crippen LogP contribution is -2.41. The number of aryl methyl sites for hydroxylation is 1. The Morgan fingerprint density at radius 2 is 1.93 bits per heavy atom. The topological polar surface area (TPSA) is 32.7 Å². The minimum absolute atomic E-state index is 0.0935. The number of hydrogen-bond donors (Lipinski definition) is 0. The van der Waals surface area contributed by atoms with E-state index in [1.54, 1.807) is 0 Å². The van der Waals surface area contributed by atoms with Crippen LogP contribution in [0.15, 0.2) is 41.4 Å². The third-order valence-electron chi connectivity index (χ3n) is 7.74. The number of halogens is 1. The molecule has 2 heterocycles. The van der Waals surface area contributed by atoms with Gasteiger partial charge in [-0.2, -0.15) is 0 Å². The van der Waals surface area contributed by atoms with Gasteiger partial charge in [-0.05, 0) is 84.4 Å². The predicted octanol–water partition coefficient (Wildman–Crippen LogP) is 5.74. The van der Waals surface area contributed by atoms with Crippen LogP contribution >= 0.6 is 11.6 Å². The average Bonchev–Trinajstić information content (AvgIpc) is 3.40. The van der Waals surface area contributed by atoms with Gasteiger partial charge >= 0.3 is 0 Å². The molecule has 2 bridgehead atoms. The first-order valence-corrected chi connectivity index (χ1v) is 11.2. The van der Waals surface area contributed by atoms with Crippen molar-refractivity contribution in [1.82, 2.24) is 4.90 Å². The lowest BCUT2D eigenvalue weighted by molar-refractivity contribution is 0.0776. The monoisotopic (exact) mass is 404 g/mol. The number of carbonyl (C=O) groups excluding carboxylic acids is 1. The molecule has 3 nitrogen and oxygen atoms in total. The van der Waals surface area contributed by atoms with Crippen molar-refractivity contribution in [2.75, 3.05) is 7.05 Å². The molecular weight excluding hydrogens is 380 g/mol. The van der Waals surface area contributed by atoms with Gasteiger partial charge < -0.3 is 4.90 Å². The Hall–Kier alpha value is -2.13. The molecular formula is C25H25ClN2O. The molecule has 6 rings (SSSR count). The summed E-state index contributed by atoms with van der Waals surface area (Å²) in [7, 11) is 1.96. The second kappa shape index (κ2) is 6.18. The highest BCUT2D eigenvalue weighted by Gasteiger charge is 2.50. The molecule has 4 aliphatic rings. The summed E-state index contributed by atoms with van der Waals surface area (Å²) >= 11 is 6.26. The largest absolute Gasteiger partial charge is 0.333 e. The quantitative estimate of drug-likeness (QED) is 0.596. The van der Waals surface area contributed by atoms with Crippen molar-refractivity contribution < 1.29 is 4.79 Å². The van der Waals surface area contributed by atoms with E-state index in [1.807, 2.05) is 30.1 Å². The number of nitrogens with zero attached hydrogens (tertiary/aromatic N) is 2. The number of amides is 1. The van der Waals surface area contributed by atoms with Crippen LogP contribution in [0.3, 0.4) is 0 Å². The van der Waals surface area contributed by atoms with Crippen LogP contribution in [0.25, 0.3) is 0 Å². The number of fused-ring (bicyclic) bond motifs is 8. The van der Waals surface area contributed by atoms with Crippen LogP contribution in [-0.4, -0.2) is 29.6 Å². The molecule has 148 valence electrons. The normalized spacial score (nSPS) is 32.0. The number of aliphatic imine (C=N–C) groups is 1. The lowest BCUT2D eigenvalue weighted by Gasteiger charge is -2.29. The predicted molar refractivity (Wildman–Crippen MR) is 117 cm³/mol. The molecule has 1 unspecified atom stereocenters. The van der Waals surface area contributed by atoms with Crippen LogP contribution in [0.4, 0.5) is 5.69 Å². The third-order valence-corrected chi connectivity index (χ3v) is 7.97. The molecule has 4 heteroatoms. The summed E-state index contributed by atoms with van der Waals surface area (Å²) in [5.41, 5.74) is 7.16. The summed E-state index contributed by atoms with van der Waals surface area (Å²) in [6, 6.07) is 12.5. The van der Waals surface area contributed by atoms with Gasteiger partial charge in [0.15, 0.2) is 0 Å². The summed E-state index contributed by atoms with van der Waals surface area (Å²) in [6.07, 6.45) is 4.31. The van der Waals surface area contributed by atoms with Crippen LogP contribution in [0.1, 0.15) is 65.1 Å². The zero-order valence-corrected chi connectivity index (χ0v) is 17.6. The fraction of sp³-hybridized carbons (Fsp3) is 0.440. The van der Waals surface area contributed by atoms with Crippen molar-refractivity contribution >= 4 is 28.9 Å². The van der Waals surface area contributed by atoms with Crippen molar-refractivity contribution in [3.05, 3.63) is 63.7 Å². The van der Waals surface area contributed by atoms with Crippen LogP contribution in [0.5, 0.6) is 0 Å². The minimum Gasteiger partial charge on any atom is -0.333 e. The summed E-state index contributed by atoms with van der Waals surface area (Å²) in [5, 5.41) is 0.774. The number of carbonyl (C=O) groups is 1. The highest BCUT2D eigenvalue weighted by Crippen LogP contribution is 2.55. The molecule has 2 aliphatic carbocycles. The van der Waals surface area contributed by atoms with Crippen molar-refractivity contribution in [2.24, 2.45) is 16.8 Å². The fourth-order valence-corrected chi connectivity index (χ4v) is 6.26. The van der Waals surface area contributed by atoms with Crippen molar-refractivity contribution in [3.8, 4) is 0 Å². The van der Waals surface area contributed by atoms with E-state index in [0.29, 0.717) is 17.8 Å². The second-order valence-corrected chi connectivity index (χ2v) is 9.79. The Morgan fingerprint density at radius 3 is 2.72 bits per heavy atom. The van der Waals surface area contributed by atoms with E-state index in [1.165, 1.54) is 28.8 Å².